The van der Waals surface area contributed by atoms with E-state index in [2.05, 4.69) is 15.4 Å². The number of nitrogens with zero attached hydrogens (tertiary/aromatic N) is 3. The maximum atomic E-state index is 13.0. The number of amides is 1. The number of carbonyl (C=O) groups excluding carboxylic acids is 1. The number of fused-ring (bicyclic) bond motifs is 1. The van der Waals surface area contributed by atoms with E-state index in [1.54, 1.807) is 36.8 Å². The van der Waals surface area contributed by atoms with Crippen molar-refractivity contribution >= 4 is 11.6 Å². The Balaban J connectivity index is 1.69. The van der Waals surface area contributed by atoms with Gasteiger partial charge in [-0.25, -0.2) is 13.9 Å². The van der Waals surface area contributed by atoms with E-state index in [4.69, 9.17) is 0 Å². The van der Waals surface area contributed by atoms with Crippen molar-refractivity contribution < 1.29 is 14.3 Å². The van der Waals surface area contributed by atoms with Gasteiger partial charge in [0.25, 0.3) is 5.91 Å². The van der Waals surface area contributed by atoms with Crippen molar-refractivity contribution in [1.29, 1.82) is 0 Å². The van der Waals surface area contributed by atoms with Crippen LogP contribution in [0.3, 0.4) is 0 Å². The highest BCUT2D eigenvalue weighted by molar-refractivity contribution is 6.01. The molecule has 2 atom stereocenters. The number of carbonyl (C=O) groups is 1. The monoisotopic (exact) mass is 342 g/mol. The smallest absolute Gasteiger partial charge is 0.257 e. The van der Waals surface area contributed by atoms with E-state index in [1.807, 2.05) is 0 Å². The van der Waals surface area contributed by atoms with Crippen LogP contribution in [0.5, 0.6) is 0 Å². The summed E-state index contributed by atoms with van der Waals surface area (Å²) in [7, 11) is 0. The van der Waals surface area contributed by atoms with E-state index < -0.39 is 6.10 Å². The minimum atomic E-state index is -0.793. The fourth-order valence-corrected chi connectivity index (χ4v) is 2.77. The summed E-state index contributed by atoms with van der Waals surface area (Å²) in [6.07, 6.45) is 2.85. The molecule has 3 aromatic rings. The van der Waals surface area contributed by atoms with Crippen molar-refractivity contribution in [2.24, 2.45) is 0 Å². The second-order valence-corrected chi connectivity index (χ2v) is 6.03. The number of aliphatic hydroxyl groups excluding tert-OH is 1. The van der Waals surface area contributed by atoms with Crippen molar-refractivity contribution in [3.05, 3.63) is 65.4 Å². The van der Waals surface area contributed by atoms with Crippen molar-refractivity contribution in [2.45, 2.75) is 32.4 Å². The van der Waals surface area contributed by atoms with Gasteiger partial charge in [0, 0.05) is 18.4 Å². The highest BCUT2D eigenvalue weighted by Gasteiger charge is 2.21. The van der Waals surface area contributed by atoms with Crippen LogP contribution in [-0.2, 0) is 0 Å². The lowest BCUT2D eigenvalue weighted by molar-refractivity contribution is 0.0918. The van der Waals surface area contributed by atoms with Gasteiger partial charge in [-0.15, -0.1) is 0 Å². The summed E-state index contributed by atoms with van der Waals surface area (Å²) in [5.41, 5.74) is 2.10. The number of rotatable bonds is 5. The molecule has 0 radical (unpaired) electrons. The lowest BCUT2D eigenvalue weighted by Crippen LogP contribution is -2.34. The molecule has 6 nitrogen and oxygen atoms in total. The van der Waals surface area contributed by atoms with Crippen molar-refractivity contribution in [1.82, 2.24) is 19.9 Å². The van der Waals surface area contributed by atoms with Gasteiger partial charge in [-0.3, -0.25) is 4.79 Å². The van der Waals surface area contributed by atoms with Gasteiger partial charge < -0.3 is 10.4 Å². The van der Waals surface area contributed by atoms with Crippen molar-refractivity contribution in [3.63, 3.8) is 0 Å². The zero-order chi connectivity index (χ0) is 18.0. The Morgan fingerprint density at radius 1 is 1.36 bits per heavy atom. The van der Waals surface area contributed by atoms with Crippen LogP contribution in [0.1, 0.15) is 41.1 Å². The summed E-state index contributed by atoms with van der Waals surface area (Å²) >= 11 is 0. The summed E-state index contributed by atoms with van der Waals surface area (Å²) in [5.74, 6) is -0.640. The third-order valence-electron chi connectivity index (χ3n) is 4.01. The third-order valence-corrected chi connectivity index (χ3v) is 4.01. The standard InChI is InChI=1S/C18H19FN4O2/c1-11(10-15(24)13-4-6-14(19)7-5-13)21-18(25)16-12(2)22-23-9-3-8-20-17(16)23/h3-9,11,15,24H,10H2,1-2H3,(H,21,25). The molecule has 7 heteroatoms. The number of hydrogen-bond donors (Lipinski definition) is 2. The molecule has 1 aromatic carbocycles. The first-order valence-corrected chi connectivity index (χ1v) is 8.00. The minimum Gasteiger partial charge on any atom is -0.388 e. The largest absolute Gasteiger partial charge is 0.388 e. The van der Waals surface area contributed by atoms with Crippen LogP contribution in [0, 0.1) is 12.7 Å². The molecular weight excluding hydrogens is 323 g/mol. The fraction of sp³-hybridized carbons (Fsp3) is 0.278. The molecule has 3 rings (SSSR count). The predicted molar refractivity (Wildman–Crippen MR) is 90.6 cm³/mol. The van der Waals surface area contributed by atoms with E-state index in [-0.39, 0.29) is 17.8 Å². The maximum Gasteiger partial charge on any atom is 0.257 e. The summed E-state index contributed by atoms with van der Waals surface area (Å²) in [6, 6.07) is 7.13. The number of halogens is 1. The molecule has 0 aliphatic carbocycles. The summed E-state index contributed by atoms with van der Waals surface area (Å²) < 4.78 is 14.5. The first-order chi connectivity index (χ1) is 12.0. The normalized spacial score (nSPS) is 13.6. The van der Waals surface area contributed by atoms with E-state index in [0.717, 1.165) is 0 Å². The number of aromatic nitrogens is 3. The highest BCUT2D eigenvalue weighted by Crippen LogP contribution is 2.19. The zero-order valence-corrected chi connectivity index (χ0v) is 14.0. The summed E-state index contributed by atoms with van der Waals surface area (Å²) in [5, 5.41) is 17.4. The van der Waals surface area contributed by atoms with E-state index in [1.165, 1.54) is 24.3 Å². The van der Waals surface area contributed by atoms with Gasteiger partial charge >= 0.3 is 0 Å². The second kappa shape index (κ2) is 6.98. The third kappa shape index (κ3) is 3.66. The molecular formula is C18H19FN4O2. The average Bonchev–Trinajstić information content (AvgIpc) is 2.90. The van der Waals surface area contributed by atoms with Gasteiger partial charge in [0.05, 0.1) is 11.8 Å². The maximum absolute atomic E-state index is 13.0. The second-order valence-electron chi connectivity index (χ2n) is 6.03. The minimum absolute atomic E-state index is 0.286. The molecule has 2 N–H and O–H groups in total. The van der Waals surface area contributed by atoms with Crippen LogP contribution in [0.2, 0.25) is 0 Å². The predicted octanol–water partition coefficient (Wildman–Crippen LogP) is 2.42. The Morgan fingerprint density at radius 3 is 2.80 bits per heavy atom. The number of hydrogen-bond acceptors (Lipinski definition) is 4. The topological polar surface area (TPSA) is 79.5 Å². The number of nitrogens with one attached hydrogen (secondary N) is 1. The van der Waals surface area contributed by atoms with Gasteiger partial charge in [0.1, 0.15) is 11.4 Å². The molecule has 2 heterocycles. The lowest BCUT2D eigenvalue weighted by atomic mass is 10.0. The SMILES string of the molecule is Cc1nn2cccnc2c1C(=O)NC(C)CC(O)c1ccc(F)cc1. The molecule has 2 aromatic heterocycles. The molecule has 0 bridgehead atoms. The molecule has 0 aliphatic rings. The Kier molecular flexibility index (Phi) is 4.76. The Labute approximate surface area is 144 Å². The highest BCUT2D eigenvalue weighted by atomic mass is 19.1. The molecule has 1 amide bonds. The fourth-order valence-electron chi connectivity index (χ4n) is 2.77. The molecule has 0 fully saturated rings. The van der Waals surface area contributed by atoms with Crippen molar-refractivity contribution in [3.8, 4) is 0 Å². The van der Waals surface area contributed by atoms with Gasteiger partial charge in [-0.05, 0) is 44.0 Å². The lowest BCUT2D eigenvalue weighted by Gasteiger charge is -2.18. The van der Waals surface area contributed by atoms with Crippen molar-refractivity contribution in [2.75, 3.05) is 0 Å². The molecule has 0 saturated heterocycles. The number of aliphatic hydroxyl groups is 1. The first kappa shape index (κ1) is 17.0. The van der Waals surface area contributed by atoms with Crippen LogP contribution >= 0.6 is 0 Å². The van der Waals surface area contributed by atoms with Crippen LogP contribution in [0.25, 0.3) is 5.65 Å². The first-order valence-electron chi connectivity index (χ1n) is 8.00. The Morgan fingerprint density at radius 2 is 2.08 bits per heavy atom. The number of aryl methyl sites for hydroxylation is 1. The van der Waals surface area contributed by atoms with E-state index >= 15 is 0 Å². The van der Waals surface area contributed by atoms with Crippen LogP contribution in [0.4, 0.5) is 4.39 Å². The molecule has 2 unspecified atom stereocenters. The molecule has 0 saturated carbocycles. The average molecular weight is 342 g/mol. The molecule has 130 valence electrons. The molecule has 25 heavy (non-hydrogen) atoms. The Bertz CT molecular complexity index is 892. The van der Waals surface area contributed by atoms with Gasteiger partial charge in [0.2, 0.25) is 0 Å². The summed E-state index contributed by atoms with van der Waals surface area (Å²) in [4.78, 5) is 16.8. The van der Waals surface area contributed by atoms with Crippen LogP contribution < -0.4 is 5.32 Å². The molecule has 0 spiro atoms. The van der Waals surface area contributed by atoms with Gasteiger partial charge in [0.15, 0.2) is 5.65 Å². The van der Waals surface area contributed by atoms with Crippen LogP contribution in [-0.4, -0.2) is 31.7 Å². The van der Waals surface area contributed by atoms with Gasteiger partial charge in [-0.2, -0.15) is 5.10 Å². The zero-order valence-electron chi connectivity index (χ0n) is 14.0. The van der Waals surface area contributed by atoms with E-state index in [0.29, 0.717) is 28.9 Å². The Hall–Kier alpha value is -2.80. The summed E-state index contributed by atoms with van der Waals surface area (Å²) in [6.45, 7) is 3.56. The van der Waals surface area contributed by atoms with Crippen LogP contribution in [0.15, 0.2) is 42.7 Å². The number of benzene rings is 1. The van der Waals surface area contributed by atoms with E-state index in [9.17, 15) is 14.3 Å². The quantitative estimate of drug-likeness (QED) is 0.746. The van der Waals surface area contributed by atoms with Gasteiger partial charge in [-0.1, -0.05) is 12.1 Å². The molecule has 0 aliphatic heterocycles.